The van der Waals surface area contributed by atoms with E-state index in [-0.39, 0.29) is 17.7 Å². The van der Waals surface area contributed by atoms with Gasteiger partial charge < -0.3 is 9.57 Å². The van der Waals surface area contributed by atoms with Crippen LogP contribution in [0.4, 0.5) is 5.13 Å². The van der Waals surface area contributed by atoms with Crippen molar-refractivity contribution in [3.05, 3.63) is 40.9 Å². The maximum atomic E-state index is 13.0. The van der Waals surface area contributed by atoms with Crippen LogP contribution >= 0.6 is 34.9 Å². The van der Waals surface area contributed by atoms with Crippen LogP contribution in [0, 0.1) is 0 Å². The van der Waals surface area contributed by atoms with Crippen LogP contribution in [0.25, 0.3) is 0 Å². The first-order valence-corrected chi connectivity index (χ1v) is 12.9. The molecule has 3 rings (SSSR count). The monoisotopic (exact) mass is 465 g/mol. The molecule has 1 aromatic carbocycles. The zero-order valence-electron chi connectivity index (χ0n) is 17.4. The van der Waals surface area contributed by atoms with Crippen molar-refractivity contribution in [2.24, 2.45) is 5.16 Å². The number of benzene rings is 1. The summed E-state index contributed by atoms with van der Waals surface area (Å²) in [4.78, 5) is 25.2. The normalized spacial score (nSPS) is 15.1. The molecule has 1 unspecified atom stereocenters. The maximum absolute atomic E-state index is 13.0. The number of oxime groups is 1. The minimum Gasteiger partial charge on any atom is -0.392 e. The summed E-state index contributed by atoms with van der Waals surface area (Å²) in [5, 5.41) is 8.36. The number of nitrogens with one attached hydrogen (secondary N) is 1. The fourth-order valence-corrected chi connectivity index (χ4v) is 5.11. The molecule has 1 atom stereocenters. The highest BCUT2D eigenvalue weighted by Crippen LogP contribution is 2.39. The Kier molecular flexibility index (Phi) is 9.05. The Bertz CT molecular complexity index is 851. The van der Waals surface area contributed by atoms with Crippen LogP contribution in [0.1, 0.15) is 36.6 Å². The lowest BCUT2D eigenvalue weighted by molar-refractivity contribution is -0.110. The van der Waals surface area contributed by atoms with Crippen molar-refractivity contribution < 1.29 is 14.4 Å². The Labute approximate surface area is 190 Å². The fraction of sp³-hybridized carbons (Fsp3) is 0.476. The highest BCUT2D eigenvalue weighted by Gasteiger charge is 2.23. The number of methoxy groups -OCH3 is 1. The molecule has 0 aliphatic heterocycles. The van der Waals surface area contributed by atoms with Crippen LogP contribution in [-0.4, -0.2) is 47.9 Å². The first-order valence-electron chi connectivity index (χ1n) is 9.84. The van der Waals surface area contributed by atoms with E-state index >= 15 is 0 Å². The van der Waals surface area contributed by atoms with Crippen LogP contribution in [0.15, 0.2) is 40.5 Å². The fourth-order valence-electron chi connectivity index (χ4n) is 2.50. The third-order valence-corrected chi connectivity index (χ3v) is 7.33. The van der Waals surface area contributed by atoms with Gasteiger partial charge in [0.15, 0.2) is 10.8 Å². The van der Waals surface area contributed by atoms with E-state index in [4.69, 9.17) is 9.57 Å². The molecule has 1 aliphatic rings. The second kappa shape index (κ2) is 11.7. The molecule has 1 aromatic heterocycles. The van der Waals surface area contributed by atoms with Gasteiger partial charge in [0.1, 0.15) is 6.10 Å². The molecular formula is C21H27N3O3S3. The minimum atomic E-state index is -0.332. The summed E-state index contributed by atoms with van der Waals surface area (Å²) < 4.78 is 5.08. The Hall–Kier alpha value is -1.55. The number of thioether (sulfide) groups is 2. The van der Waals surface area contributed by atoms with Crippen LogP contribution in [-0.2, 0) is 20.1 Å². The molecule has 0 bridgehead atoms. The van der Waals surface area contributed by atoms with Crippen molar-refractivity contribution in [1.29, 1.82) is 0 Å². The number of rotatable bonds is 12. The van der Waals surface area contributed by atoms with Gasteiger partial charge in [-0.15, -0.1) is 23.1 Å². The number of carbonyl (C=O) groups excluding carboxylic acids is 1. The highest BCUT2D eigenvalue weighted by molar-refractivity contribution is 8.00. The molecule has 2 aromatic rings. The maximum Gasteiger partial charge on any atom is 0.280 e. The number of hydrogen-bond acceptors (Lipinski definition) is 8. The Morgan fingerprint density at radius 2 is 2.13 bits per heavy atom. The molecule has 1 aliphatic carbocycles. The van der Waals surface area contributed by atoms with Gasteiger partial charge in [-0.2, -0.15) is 11.8 Å². The number of anilines is 1. The summed E-state index contributed by atoms with van der Waals surface area (Å²) in [5.41, 5.74) is 0.955. The van der Waals surface area contributed by atoms with Crippen molar-refractivity contribution >= 4 is 51.6 Å². The number of hydrogen-bond donors (Lipinski definition) is 1. The molecule has 1 fully saturated rings. The van der Waals surface area contributed by atoms with E-state index in [9.17, 15) is 4.79 Å². The molecule has 1 saturated carbocycles. The lowest BCUT2D eigenvalue weighted by Gasteiger charge is -2.12. The van der Waals surface area contributed by atoms with E-state index in [0.29, 0.717) is 23.7 Å². The zero-order valence-corrected chi connectivity index (χ0v) is 19.9. The van der Waals surface area contributed by atoms with Gasteiger partial charge in [0.25, 0.3) is 5.91 Å². The van der Waals surface area contributed by atoms with Crippen LogP contribution in [0.2, 0.25) is 0 Å². The molecule has 0 spiro atoms. The predicted molar refractivity (Wildman–Crippen MR) is 127 cm³/mol. The van der Waals surface area contributed by atoms with Gasteiger partial charge >= 0.3 is 0 Å². The Balaban J connectivity index is 1.73. The van der Waals surface area contributed by atoms with Crippen molar-refractivity contribution in [3.8, 4) is 0 Å². The summed E-state index contributed by atoms with van der Waals surface area (Å²) in [6, 6.07) is 7.92. The summed E-state index contributed by atoms with van der Waals surface area (Å²) in [6.07, 6.45) is 6.92. The Morgan fingerprint density at radius 3 is 2.80 bits per heavy atom. The molecule has 0 saturated heterocycles. The smallest absolute Gasteiger partial charge is 0.280 e. The second-order valence-corrected chi connectivity index (χ2v) is 10.4. The molecular weight excluding hydrogens is 438 g/mol. The second-order valence-electron chi connectivity index (χ2n) is 7.00. The summed E-state index contributed by atoms with van der Waals surface area (Å²) in [6.45, 7) is 2.48. The molecule has 1 N–H and O–H groups in total. The lowest BCUT2D eigenvalue weighted by atomic mass is 10.1. The number of nitrogens with zero attached hydrogens (tertiary/aromatic N) is 2. The summed E-state index contributed by atoms with van der Waals surface area (Å²) >= 11 is 5.07. The first-order chi connectivity index (χ1) is 14.6. The van der Waals surface area contributed by atoms with Crippen LogP contribution < -0.4 is 5.32 Å². The van der Waals surface area contributed by atoms with Gasteiger partial charge in [-0.3, -0.25) is 10.1 Å². The number of ether oxygens (including phenoxy) is 1. The summed E-state index contributed by atoms with van der Waals surface area (Å²) in [7, 11) is 1.65. The highest BCUT2D eigenvalue weighted by atomic mass is 32.2. The van der Waals surface area contributed by atoms with Gasteiger partial charge in [-0.25, -0.2) is 4.98 Å². The van der Waals surface area contributed by atoms with Gasteiger partial charge in [0.2, 0.25) is 0 Å². The quantitative estimate of drug-likeness (QED) is 0.349. The van der Waals surface area contributed by atoms with E-state index in [1.165, 1.54) is 29.1 Å². The van der Waals surface area contributed by atoms with Gasteiger partial charge in [-0.1, -0.05) is 17.3 Å². The van der Waals surface area contributed by atoms with Crippen molar-refractivity contribution in [2.45, 2.75) is 48.2 Å². The molecule has 6 nitrogen and oxygen atoms in total. The summed E-state index contributed by atoms with van der Waals surface area (Å²) in [5.74, 6) is 0.538. The SMILES string of the molecule is COCCC(C)O/N=C(/C(=O)Nc1ncc(CSC)s1)c1ccc(SC2CC2)cc1. The number of amides is 1. The minimum absolute atomic E-state index is 0.162. The van der Waals surface area contributed by atoms with Gasteiger partial charge in [0.05, 0.1) is 0 Å². The predicted octanol–water partition coefficient (Wildman–Crippen LogP) is 5.05. The van der Waals surface area contributed by atoms with Crippen LogP contribution in [0.5, 0.6) is 0 Å². The molecule has 0 radical (unpaired) electrons. The average Bonchev–Trinajstić information content (AvgIpc) is 3.45. The topological polar surface area (TPSA) is 72.8 Å². The first kappa shape index (κ1) is 23.1. The number of carbonyl (C=O) groups is 1. The van der Waals surface area contributed by atoms with Gasteiger partial charge in [-0.05, 0) is 38.2 Å². The Morgan fingerprint density at radius 1 is 1.37 bits per heavy atom. The third-order valence-electron chi connectivity index (χ3n) is 4.28. The average molecular weight is 466 g/mol. The molecule has 1 amide bonds. The van der Waals surface area contributed by atoms with Gasteiger partial charge in [0, 0.05) is 52.7 Å². The molecule has 30 heavy (non-hydrogen) atoms. The van der Waals surface area contributed by atoms with E-state index in [2.05, 4.69) is 15.5 Å². The van der Waals surface area contributed by atoms with E-state index < -0.39 is 0 Å². The number of aromatic nitrogens is 1. The number of thiazole rings is 1. The van der Waals surface area contributed by atoms with E-state index in [1.807, 2.05) is 49.2 Å². The van der Waals surface area contributed by atoms with E-state index in [1.54, 1.807) is 25.1 Å². The zero-order chi connectivity index (χ0) is 21.3. The van der Waals surface area contributed by atoms with Crippen molar-refractivity contribution in [2.75, 3.05) is 25.3 Å². The molecule has 1 heterocycles. The lowest BCUT2D eigenvalue weighted by Crippen LogP contribution is -2.25. The van der Waals surface area contributed by atoms with Crippen molar-refractivity contribution in [3.63, 3.8) is 0 Å². The van der Waals surface area contributed by atoms with Crippen molar-refractivity contribution in [1.82, 2.24) is 4.98 Å². The standard InChI is InChI=1S/C21H27N3O3S3/c1-14(10-11-26-2)27-24-19(15-4-6-16(7-5-15)29-17-8-9-17)20(25)23-21-22-12-18(30-21)13-28-3/h4-7,12,14,17H,8-11,13H2,1-3H3,(H,22,23,25)/b24-19+. The van der Waals surface area contributed by atoms with E-state index in [0.717, 1.165) is 15.9 Å². The molecule has 162 valence electrons. The largest absolute Gasteiger partial charge is 0.392 e. The van der Waals surface area contributed by atoms with Crippen LogP contribution in [0.3, 0.4) is 0 Å². The molecule has 9 heteroatoms. The third kappa shape index (κ3) is 7.30.